The maximum Gasteiger partial charge on any atom is 0.233 e. The highest BCUT2D eigenvalue weighted by atomic mass is 35.5. The summed E-state index contributed by atoms with van der Waals surface area (Å²) in [5, 5.41) is 3.71. The molecule has 0 radical (unpaired) electrons. The van der Waals surface area contributed by atoms with Crippen molar-refractivity contribution in [2.75, 3.05) is 11.9 Å². The van der Waals surface area contributed by atoms with E-state index < -0.39 is 0 Å². The first-order valence-electron chi connectivity index (χ1n) is 10.7. The maximum absolute atomic E-state index is 12.9. The highest BCUT2D eigenvalue weighted by Crippen LogP contribution is 2.65. The number of hydrogen-bond donors (Lipinski definition) is 1. The Balaban J connectivity index is 1.08. The van der Waals surface area contributed by atoms with Gasteiger partial charge in [0.2, 0.25) is 17.7 Å². The Bertz CT molecular complexity index is 910. The van der Waals surface area contributed by atoms with E-state index in [0.717, 1.165) is 12.8 Å². The van der Waals surface area contributed by atoms with Crippen molar-refractivity contribution < 1.29 is 14.4 Å². The Hall–Kier alpha value is -1.85. The van der Waals surface area contributed by atoms with Gasteiger partial charge in [0, 0.05) is 18.0 Å². The number of hydrogen-bond acceptors (Lipinski definition) is 3. The van der Waals surface area contributed by atoms with Crippen molar-refractivity contribution in [3.63, 3.8) is 0 Å². The Labute approximate surface area is 185 Å². The minimum atomic E-state index is -0.119. The van der Waals surface area contributed by atoms with Gasteiger partial charge >= 0.3 is 0 Å². The number of nitrogens with one attached hydrogen (secondary N) is 1. The molecule has 3 fully saturated rings. The Morgan fingerprint density at radius 1 is 1.00 bits per heavy atom. The number of carbonyl (C=O) groups is 3. The molecule has 6 atom stereocenters. The third-order valence-electron chi connectivity index (χ3n) is 7.24. The van der Waals surface area contributed by atoms with Crippen molar-refractivity contribution >= 4 is 46.6 Å². The fourth-order valence-corrected chi connectivity index (χ4v) is 6.23. The van der Waals surface area contributed by atoms with E-state index in [1.807, 2.05) is 0 Å². The van der Waals surface area contributed by atoms with Crippen LogP contribution >= 0.6 is 23.2 Å². The molecule has 0 aromatic heterocycles. The number of rotatable bonds is 7. The second-order valence-electron chi connectivity index (χ2n) is 8.97. The van der Waals surface area contributed by atoms with E-state index in [9.17, 15) is 14.4 Å². The molecule has 5 nitrogen and oxygen atoms in total. The molecule has 30 heavy (non-hydrogen) atoms. The number of unbranched alkanes of at least 4 members (excludes halogenated alkanes) is 2. The molecular formula is C23H24Cl2N2O3. The molecule has 5 aliphatic rings. The lowest BCUT2D eigenvalue weighted by atomic mass is 9.63. The highest BCUT2D eigenvalue weighted by molar-refractivity contribution is 6.36. The quantitative estimate of drug-likeness (QED) is 0.379. The summed E-state index contributed by atoms with van der Waals surface area (Å²) in [6, 6.07) is 4.94. The molecule has 1 aromatic carbocycles. The van der Waals surface area contributed by atoms with Crippen LogP contribution in [0.4, 0.5) is 5.69 Å². The third-order valence-corrected chi connectivity index (χ3v) is 7.79. The van der Waals surface area contributed by atoms with Gasteiger partial charge in [0.15, 0.2) is 0 Å². The zero-order valence-electron chi connectivity index (χ0n) is 16.5. The van der Waals surface area contributed by atoms with Gasteiger partial charge in [-0.2, -0.15) is 0 Å². The smallest absolute Gasteiger partial charge is 0.233 e. The minimum Gasteiger partial charge on any atom is -0.325 e. The number of nitrogens with zero attached hydrogens (tertiary/aromatic N) is 1. The molecule has 6 rings (SSSR count). The van der Waals surface area contributed by atoms with E-state index in [0.29, 0.717) is 47.0 Å². The summed E-state index contributed by atoms with van der Waals surface area (Å²) >= 11 is 11.9. The lowest BCUT2D eigenvalue weighted by Gasteiger charge is -2.37. The fourth-order valence-electron chi connectivity index (χ4n) is 5.77. The number of benzene rings is 1. The van der Waals surface area contributed by atoms with E-state index in [1.165, 1.54) is 11.3 Å². The first kappa shape index (κ1) is 20.1. The summed E-state index contributed by atoms with van der Waals surface area (Å²) in [5.74, 6) is 1.52. The van der Waals surface area contributed by atoms with Gasteiger partial charge in [-0.3, -0.25) is 19.3 Å². The highest BCUT2D eigenvalue weighted by Gasteiger charge is 2.66. The lowest BCUT2D eigenvalue weighted by molar-refractivity contribution is -0.140. The molecule has 2 saturated carbocycles. The van der Waals surface area contributed by atoms with E-state index in [4.69, 9.17) is 23.2 Å². The Kier molecular flexibility index (Phi) is 5.14. The summed E-state index contributed by atoms with van der Waals surface area (Å²) < 4.78 is 0. The van der Waals surface area contributed by atoms with Gasteiger partial charge in [-0.1, -0.05) is 41.8 Å². The predicted octanol–water partition coefficient (Wildman–Crippen LogP) is 4.55. The topological polar surface area (TPSA) is 66.5 Å². The zero-order valence-corrected chi connectivity index (χ0v) is 18.0. The van der Waals surface area contributed by atoms with E-state index in [1.54, 1.807) is 18.2 Å². The Morgan fingerprint density at radius 3 is 2.30 bits per heavy atom. The van der Waals surface area contributed by atoms with Crippen molar-refractivity contribution in [2.45, 2.75) is 32.1 Å². The molecule has 4 aliphatic carbocycles. The van der Waals surface area contributed by atoms with Gasteiger partial charge in [0.05, 0.1) is 22.5 Å². The molecule has 7 heteroatoms. The van der Waals surface area contributed by atoms with Crippen LogP contribution in [0.5, 0.6) is 0 Å². The number of amides is 3. The van der Waals surface area contributed by atoms with E-state index >= 15 is 0 Å². The van der Waals surface area contributed by atoms with Gasteiger partial charge in [-0.25, -0.2) is 0 Å². The van der Waals surface area contributed by atoms with Crippen molar-refractivity contribution in [1.82, 2.24) is 4.90 Å². The average Bonchev–Trinajstić information content (AvgIpc) is 3.50. The predicted molar refractivity (Wildman–Crippen MR) is 115 cm³/mol. The SMILES string of the molecule is O=C(CCCCCN1C(=O)[C@@H]2[C@H]3C=C[C@@H]([C@@H]4C[C@H]34)[C@H]2C1=O)Nc1ccc(Cl)cc1Cl. The molecule has 1 aliphatic heterocycles. The molecule has 1 N–H and O–H groups in total. The standard InChI is InChI=1S/C23H24Cl2N2O3/c24-12-5-8-18(17(25)10-12)26-19(28)4-2-1-3-9-27-22(29)20-13-6-7-14(16-11-15(13)16)21(20)23(27)30/h5-8,10,13-16,20-21H,1-4,9,11H2,(H,26,28)/t13-,14-,15-,16+,20+,21+/m0/s1. The van der Waals surface area contributed by atoms with Crippen LogP contribution in [0, 0.1) is 35.5 Å². The molecule has 1 heterocycles. The first-order chi connectivity index (χ1) is 14.5. The number of carbonyl (C=O) groups excluding carboxylic acids is 3. The van der Waals surface area contributed by atoms with E-state index in [-0.39, 0.29) is 41.4 Å². The second-order valence-corrected chi connectivity index (χ2v) is 9.81. The number of allylic oxidation sites excluding steroid dienone is 2. The van der Waals surface area contributed by atoms with Gasteiger partial charge in [-0.15, -0.1) is 0 Å². The van der Waals surface area contributed by atoms with Crippen LogP contribution in [0.3, 0.4) is 0 Å². The van der Waals surface area contributed by atoms with Crippen LogP contribution in [0.2, 0.25) is 10.0 Å². The molecular weight excluding hydrogens is 423 g/mol. The zero-order chi connectivity index (χ0) is 21.0. The van der Waals surface area contributed by atoms with Crippen LogP contribution in [0.1, 0.15) is 32.1 Å². The lowest BCUT2D eigenvalue weighted by Crippen LogP contribution is -2.40. The van der Waals surface area contributed by atoms with Crippen molar-refractivity contribution in [1.29, 1.82) is 0 Å². The van der Waals surface area contributed by atoms with Crippen LogP contribution in [0.15, 0.2) is 30.4 Å². The third kappa shape index (κ3) is 3.36. The van der Waals surface area contributed by atoms with Crippen molar-refractivity contribution in [3.05, 3.63) is 40.4 Å². The molecule has 1 saturated heterocycles. The first-order valence-corrected chi connectivity index (χ1v) is 11.5. The Morgan fingerprint density at radius 2 is 1.67 bits per heavy atom. The molecule has 0 unspecified atom stereocenters. The van der Waals surface area contributed by atoms with Gasteiger partial charge in [0.25, 0.3) is 0 Å². The number of halogens is 2. The monoisotopic (exact) mass is 446 g/mol. The normalized spacial score (nSPS) is 32.9. The van der Waals surface area contributed by atoms with Crippen molar-refractivity contribution in [3.8, 4) is 0 Å². The number of likely N-dealkylation sites (tertiary alicyclic amines) is 1. The number of imide groups is 1. The summed E-state index contributed by atoms with van der Waals surface area (Å²) in [6.07, 6.45) is 8.13. The molecule has 0 spiro atoms. The fraction of sp³-hybridized carbons (Fsp3) is 0.522. The minimum absolute atomic E-state index is 0.0322. The summed E-state index contributed by atoms with van der Waals surface area (Å²) in [6.45, 7) is 0.462. The van der Waals surface area contributed by atoms with Gasteiger partial charge in [-0.05, 0) is 61.1 Å². The van der Waals surface area contributed by atoms with Gasteiger partial charge < -0.3 is 5.32 Å². The van der Waals surface area contributed by atoms with Crippen LogP contribution in [-0.4, -0.2) is 29.2 Å². The molecule has 1 aromatic rings. The summed E-state index contributed by atoms with van der Waals surface area (Å²) in [7, 11) is 0. The molecule has 3 amide bonds. The maximum atomic E-state index is 12.9. The van der Waals surface area contributed by atoms with E-state index in [2.05, 4.69) is 17.5 Å². The second kappa shape index (κ2) is 7.69. The largest absolute Gasteiger partial charge is 0.325 e. The molecule has 2 bridgehead atoms. The average molecular weight is 447 g/mol. The van der Waals surface area contributed by atoms with Crippen molar-refractivity contribution in [2.24, 2.45) is 35.5 Å². The van der Waals surface area contributed by atoms with Gasteiger partial charge in [0.1, 0.15) is 0 Å². The van der Waals surface area contributed by atoms with Crippen LogP contribution in [0.25, 0.3) is 0 Å². The van der Waals surface area contributed by atoms with Crippen LogP contribution < -0.4 is 5.32 Å². The van der Waals surface area contributed by atoms with Crippen LogP contribution in [-0.2, 0) is 14.4 Å². The summed E-state index contributed by atoms with van der Waals surface area (Å²) in [4.78, 5) is 39.5. The summed E-state index contributed by atoms with van der Waals surface area (Å²) in [5.41, 5.74) is 0.545. The number of anilines is 1. The molecule has 158 valence electrons.